The van der Waals surface area contributed by atoms with E-state index in [-0.39, 0.29) is 17.2 Å². The minimum Gasteiger partial charge on any atom is -0.299 e. The monoisotopic (exact) mass is 227 g/mol. The van der Waals surface area contributed by atoms with E-state index in [9.17, 15) is 13.2 Å². The number of hydrogen-bond donors (Lipinski definition) is 0. The van der Waals surface area contributed by atoms with Gasteiger partial charge in [0.15, 0.2) is 0 Å². The van der Waals surface area contributed by atoms with E-state index < -0.39 is 10.0 Å². The molecule has 1 aromatic carbocycles. The van der Waals surface area contributed by atoms with Crippen molar-refractivity contribution in [1.82, 2.24) is 4.31 Å². The van der Waals surface area contributed by atoms with Crippen molar-refractivity contribution in [2.45, 2.75) is 11.8 Å². The van der Waals surface area contributed by atoms with Gasteiger partial charge in [-0.05, 0) is 19.1 Å². The third-order valence-electron chi connectivity index (χ3n) is 1.90. The number of carbonyl (C=O) groups is 1. The standard InChI is InChI=1S/C10H13NO3S/c1-9(12)8-11(2)15(13,14)10-6-4-3-5-7-10/h3-7H,8H2,1-2H3. The van der Waals surface area contributed by atoms with E-state index in [0.717, 1.165) is 4.31 Å². The van der Waals surface area contributed by atoms with Gasteiger partial charge < -0.3 is 0 Å². The zero-order valence-electron chi connectivity index (χ0n) is 8.67. The lowest BCUT2D eigenvalue weighted by Crippen LogP contribution is -2.31. The number of Topliss-reactive ketones (excluding diaryl/α,β-unsaturated/α-hetero) is 1. The van der Waals surface area contributed by atoms with Crippen LogP contribution in [0.2, 0.25) is 0 Å². The molecular formula is C10H13NO3S. The summed E-state index contributed by atoms with van der Waals surface area (Å²) in [5.41, 5.74) is 0. The van der Waals surface area contributed by atoms with E-state index in [4.69, 9.17) is 0 Å². The van der Waals surface area contributed by atoms with Crippen LogP contribution in [0.15, 0.2) is 35.2 Å². The zero-order valence-corrected chi connectivity index (χ0v) is 9.49. The fraction of sp³-hybridized carbons (Fsp3) is 0.300. The first kappa shape index (κ1) is 11.9. The highest BCUT2D eigenvalue weighted by molar-refractivity contribution is 7.89. The molecule has 0 atom stereocenters. The van der Waals surface area contributed by atoms with Crippen molar-refractivity contribution in [2.24, 2.45) is 0 Å². The van der Waals surface area contributed by atoms with Gasteiger partial charge in [0, 0.05) is 7.05 Å². The highest BCUT2D eigenvalue weighted by atomic mass is 32.2. The smallest absolute Gasteiger partial charge is 0.243 e. The van der Waals surface area contributed by atoms with E-state index in [0.29, 0.717) is 0 Å². The predicted octanol–water partition coefficient (Wildman–Crippen LogP) is 0.896. The number of sulfonamides is 1. The van der Waals surface area contributed by atoms with Gasteiger partial charge in [-0.1, -0.05) is 18.2 Å². The third kappa shape index (κ3) is 2.87. The molecule has 0 saturated heterocycles. The molecule has 0 unspecified atom stereocenters. The first-order valence-electron chi connectivity index (χ1n) is 4.45. The maximum Gasteiger partial charge on any atom is 0.243 e. The molecule has 1 rings (SSSR count). The highest BCUT2D eigenvalue weighted by Gasteiger charge is 2.20. The molecule has 0 N–H and O–H groups in total. The van der Waals surface area contributed by atoms with Crippen molar-refractivity contribution in [1.29, 1.82) is 0 Å². The molecule has 15 heavy (non-hydrogen) atoms. The second-order valence-electron chi connectivity index (χ2n) is 3.28. The fourth-order valence-electron chi connectivity index (χ4n) is 1.17. The minimum absolute atomic E-state index is 0.1000. The van der Waals surface area contributed by atoms with Crippen LogP contribution in [0.1, 0.15) is 6.92 Å². The van der Waals surface area contributed by atoms with Gasteiger partial charge in [0.2, 0.25) is 10.0 Å². The van der Waals surface area contributed by atoms with Crippen molar-refractivity contribution in [3.8, 4) is 0 Å². The van der Waals surface area contributed by atoms with Gasteiger partial charge in [0.05, 0.1) is 11.4 Å². The molecule has 82 valence electrons. The molecule has 0 bridgehead atoms. The predicted molar refractivity (Wildman–Crippen MR) is 56.9 cm³/mol. The Hall–Kier alpha value is -1.20. The Morgan fingerprint density at radius 3 is 2.27 bits per heavy atom. The Balaban J connectivity index is 2.99. The lowest BCUT2D eigenvalue weighted by molar-refractivity contribution is -0.117. The van der Waals surface area contributed by atoms with Crippen molar-refractivity contribution in [2.75, 3.05) is 13.6 Å². The minimum atomic E-state index is -3.52. The topological polar surface area (TPSA) is 54.5 Å². The Bertz CT molecular complexity index is 439. The van der Waals surface area contributed by atoms with Crippen LogP contribution in [-0.4, -0.2) is 32.1 Å². The molecule has 1 aromatic rings. The molecule has 0 aromatic heterocycles. The lowest BCUT2D eigenvalue weighted by atomic mass is 10.4. The van der Waals surface area contributed by atoms with Gasteiger partial charge in [-0.3, -0.25) is 4.79 Å². The summed E-state index contributed by atoms with van der Waals surface area (Å²) in [6, 6.07) is 8.05. The molecule has 0 amide bonds. The van der Waals surface area contributed by atoms with Crippen LogP contribution in [0.3, 0.4) is 0 Å². The van der Waals surface area contributed by atoms with E-state index in [1.807, 2.05) is 0 Å². The number of benzene rings is 1. The summed E-state index contributed by atoms with van der Waals surface area (Å²) in [5.74, 6) is -0.183. The third-order valence-corrected chi connectivity index (χ3v) is 3.71. The quantitative estimate of drug-likeness (QED) is 0.767. The summed E-state index contributed by atoms with van der Waals surface area (Å²) in [4.78, 5) is 11.0. The number of hydrogen-bond acceptors (Lipinski definition) is 3. The Kier molecular flexibility index (Phi) is 3.60. The van der Waals surface area contributed by atoms with Crippen molar-refractivity contribution >= 4 is 15.8 Å². The molecule has 0 aliphatic rings. The van der Waals surface area contributed by atoms with Crippen LogP contribution in [0.5, 0.6) is 0 Å². The maximum atomic E-state index is 11.8. The van der Waals surface area contributed by atoms with Crippen LogP contribution in [0, 0.1) is 0 Å². The highest BCUT2D eigenvalue weighted by Crippen LogP contribution is 2.12. The summed E-state index contributed by atoms with van der Waals surface area (Å²) in [5, 5.41) is 0. The summed E-state index contributed by atoms with van der Waals surface area (Å²) in [6.07, 6.45) is 0. The second kappa shape index (κ2) is 4.55. The van der Waals surface area contributed by atoms with Crippen LogP contribution in [-0.2, 0) is 14.8 Å². The summed E-state index contributed by atoms with van der Waals surface area (Å²) in [6.45, 7) is 1.26. The van der Waals surface area contributed by atoms with Gasteiger partial charge in [0.1, 0.15) is 5.78 Å². The molecule has 0 fully saturated rings. The molecular weight excluding hydrogens is 214 g/mol. The van der Waals surface area contributed by atoms with Crippen molar-refractivity contribution < 1.29 is 13.2 Å². The molecule has 0 radical (unpaired) electrons. The maximum absolute atomic E-state index is 11.8. The van der Waals surface area contributed by atoms with E-state index in [1.54, 1.807) is 18.2 Å². The first-order valence-corrected chi connectivity index (χ1v) is 5.89. The van der Waals surface area contributed by atoms with Crippen LogP contribution in [0.25, 0.3) is 0 Å². The van der Waals surface area contributed by atoms with Crippen molar-refractivity contribution in [3.05, 3.63) is 30.3 Å². The normalized spacial score (nSPS) is 11.7. The molecule has 5 heteroatoms. The molecule has 0 saturated carbocycles. The van der Waals surface area contributed by atoms with Gasteiger partial charge >= 0.3 is 0 Å². The molecule has 4 nitrogen and oxygen atoms in total. The van der Waals surface area contributed by atoms with E-state index in [2.05, 4.69) is 0 Å². The van der Waals surface area contributed by atoms with Crippen LogP contribution in [0.4, 0.5) is 0 Å². The SMILES string of the molecule is CC(=O)CN(C)S(=O)(=O)c1ccccc1. The zero-order chi connectivity index (χ0) is 11.5. The Morgan fingerprint density at radius 1 is 1.27 bits per heavy atom. The van der Waals surface area contributed by atoms with Gasteiger partial charge in [-0.15, -0.1) is 0 Å². The first-order chi connectivity index (χ1) is 6.94. The molecule has 0 spiro atoms. The van der Waals surface area contributed by atoms with Gasteiger partial charge in [-0.25, -0.2) is 8.42 Å². The van der Waals surface area contributed by atoms with Crippen LogP contribution < -0.4 is 0 Å². The second-order valence-corrected chi connectivity index (χ2v) is 5.32. The van der Waals surface area contributed by atoms with Gasteiger partial charge in [0.25, 0.3) is 0 Å². The number of likely N-dealkylation sites (N-methyl/N-ethyl adjacent to an activating group) is 1. The van der Waals surface area contributed by atoms with Crippen LogP contribution >= 0.6 is 0 Å². The summed E-state index contributed by atoms with van der Waals surface area (Å²) in [7, 11) is -2.13. The average Bonchev–Trinajstić information content (AvgIpc) is 2.18. The number of rotatable bonds is 4. The largest absolute Gasteiger partial charge is 0.299 e. The Labute approximate surface area is 89.6 Å². The number of ketones is 1. The van der Waals surface area contributed by atoms with E-state index >= 15 is 0 Å². The Morgan fingerprint density at radius 2 is 1.80 bits per heavy atom. The number of carbonyl (C=O) groups excluding carboxylic acids is 1. The fourth-order valence-corrected chi connectivity index (χ4v) is 2.38. The van der Waals surface area contributed by atoms with Crippen molar-refractivity contribution in [3.63, 3.8) is 0 Å². The summed E-state index contributed by atoms with van der Waals surface area (Å²) < 4.78 is 24.7. The molecule has 0 heterocycles. The summed E-state index contributed by atoms with van der Waals surface area (Å²) >= 11 is 0. The number of nitrogens with zero attached hydrogens (tertiary/aromatic N) is 1. The van der Waals surface area contributed by atoms with E-state index in [1.165, 1.54) is 26.1 Å². The molecule has 0 aliphatic heterocycles. The average molecular weight is 227 g/mol. The van der Waals surface area contributed by atoms with Gasteiger partial charge in [-0.2, -0.15) is 4.31 Å². The lowest BCUT2D eigenvalue weighted by Gasteiger charge is -2.15. The molecule has 0 aliphatic carbocycles.